The van der Waals surface area contributed by atoms with E-state index in [9.17, 15) is 0 Å². The highest BCUT2D eigenvalue weighted by Crippen LogP contribution is 2.50. The molecule has 0 amide bonds. The molecule has 0 aromatic heterocycles. The lowest BCUT2D eigenvalue weighted by Crippen LogP contribution is -2.45. The van der Waals surface area contributed by atoms with Crippen molar-refractivity contribution >= 4 is 5.69 Å². The minimum absolute atomic E-state index is 0.333. The maximum Gasteiger partial charge on any atom is 0.0911 e. The standard InChI is InChI=1S/C13H18N2/c1-13-8-9-14(2)12(13)15(3)11-7-5-4-6-10(11)13/h4-7,12H,8-9H2,1-3H3/t12?,13-/m0/s1. The molecule has 2 heteroatoms. The number of hydrogen-bond acceptors (Lipinski definition) is 2. The van der Waals surface area contributed by atoms with E-state index in [1.54, 1.807) is 0 Å². The summed E-state index contributed by atoms with van der Waals surface area (Å²) < 4.78 is 0. The molecule has 15 heavy (non-hydrogen) atoms. The fourth-order valence-corrected chi connectivity index (χ4v) is 3.54. The molecular weight excluding hydrogens is 184 g/mol. The molecule has 0 bridgehead atoms. The summed E-state index contributed by atoms with van der Waals surface area (Å²) in [6.45, 7) is 3.61. The molecule has 0 saturated carbocycles. The molecular formula is C13H18N2. The highest BCUT2D eigenvalue weighted by Gasteiger charge is 2.51. The average Bonchev–Trinajstić information content (AvgIpc) is 2.65. The van der Waals surface area contributed by atoms with Crippen LogP contribution in [0.4, 0.5) is 5.69 Å². The Morgan fingerprint density at radius 2 is 2.00 bits per heavy atom. The molecule has 1 saturated heterocycles. The Morgan fingerprint density at radius 1 is 1.27 bits per heavy atom. The topological polar surface area (TPSA) is 6.48 Å². The van der Waals surface area contributed by atoms with E-state index < -0.39 is 0 Å². The van der Waals surface area contributed by atoms with Crippen molar-refractivity contribution in [2.75, 3.05) is 25.5 Å². The average molecular weight is 202 g/mol. The maximum atomic E-state index is 2.47. The predicted octanol–water partition coefficient (Wildman–Crippen LogP) is 2.06. The predicted molar refractivity (Wildman–Crippen MR) is 63.2 cm³/mol. The summed E-state index contributed by atoms with van der Waals surface area (Å²) in [7, 11) is 4.45. The van der Waals surface area contributed by atoms with Crippen LogP contribution in [-0.4, -0.2) is 31.7 Å². The summed E-state index contributed by atoms with van der Waals surface area (Å²) in [5.41, 5.74) is 3.28. The van der Waals surface area contributed by atoms with Gasteiger partial charge in [-0.25, -0.2) is 0 Å². The molecule has 0 spiro atoms. The van der Waals surface area contributed by atoms with Crippen LogP contribution < -0.4 is 4.90 Å². The van der Waals surface area contributed by atoms with Crippen LogP contribution in [0.5, 0.6) is 0 Å². The van der Waals surface area contributed by atoms with Crippen LogP contribution in [0.2, 0.25) is 0 Å². The monoisotopic (exact) mass is 202 g/mol. The molecule has 0 N–H and O–H groups in total. The SMILES string of the molecule is CN1CC[C@@]2(C)c3ccccc3N(C)C12. The summed E-state index contributed by atoms with van der Waals surface area (Å²) in [6, 6.07) is 8.84. The largest absolute Gasteiger partial charge is 0.358 e. The summed E-state index contributed by atoms with van der Waals surface area (Å²) in [5, 5.41) is 0. The Bertz CT molecular complexity index is 401. The van der Waals surface area contributed by atoms with Gasteiger partial charge in [0, 0.05) is 24.7 Å². The lowest BCUT2D eigenvalue weighted by molar-refractivity contribution is 0.268. The van der Waals surface area contributed by atoms with Crippen molar-refractivity contribution in [3.63, 3.8) is 0 Å². The Morgan fingerprint density at radius 3 is 2.80 bits per heavy atom. The smallest absolute Gasteiger partial charge is 0.0911 e. The zero-order chi connectivity index (χ0) is 10.6. The number of para-hydroxylation sites is 1. The van der Waals surface area contributed by atoms with E-state index in [-0.39, 0.29) is 0 Å². The van der Waals surface area contributed by atoms with Crippen LogP contribution in [-0.2, 0) is 5.41 Å². The van der Waals surface area contributed by atoms with Gasteiger partial charge in [0.2, 0.25) is 0 Å². The highest BCUT2D eigenvalue weighted by molar-refractivity contribution is 5.64. The summed E-state index contributed by atoms with van der Waals surface area (Å²) in [6.07, 6.45) is 1.82. The first-order valence-electron chi connectivity index (χ1n) is 5.67. The van der Waals surface area contributed by atoms with Crippen molar-refractivity contribution in [1.82, 2.24) is 4.90 Å². The number of likely N-dealkylation sites (N-methyl/N-ethyl adjacent to an activating group) is 2. The van der Waals surface area contributed by atoms with Crippen LogP contribution in [0, 0.1) is 0 Å². The van der Waals surface area contributed by atoms with Gasteiger partial charge in [0.25, 0.3) is 0 Å². The Hall–Kier alpha value is -1.02. The first-order valence-corrected chi connectivity index (χ1v) is 5.67. The summed E-state index contributed by atoms with van der Waals surface area (Å²) >= 11 is 0. The normalized spacial score (nSPS) is 34.3. The van der Waals surface area contributed by atoms with E-state index in [0.29, 0.717) is 11.6 Å². The van der Waals surface area contributed by atoms with Crippen molar-refractivity contribution in [1.29, 1.82) is 0 Å². The van der Waals surface area contributed by atoms with Crippen LogP contribution in [0.3, 0.4) is 0 Å². The van der Waals surface area contributed by atoms with Crippen LogP contribution in [0.15, 0.2) is 24.3 Å². The minimum Gasteiger partial charge on any atom is -0.358 e. The third-order valence-corrected chi connectivity index (χ3v) is 4.24. The molecule has 2 aliphatic heterocycles. The van der Waals surface area contributed by atoms with Gasteiger partial charge < -0.3 is 4.90 Å². The van der Waals surface area contributed by atoms with Gasteiger partial charge in [0.15, 0.2) is 0 Å². The second kappa shape index (κ2) is 2.76. The number of likely N-dealkylation sites (tertiary alicyclic amines) is 1. The summed E-state index contributed by atoms with van der Waals surface area (Å²) in [5.74, 6) is 0. The van der Waals surface area contributed by atoms with Gasteiger partial charge in [0.1, 0.15) is 0 Å². The second-order valence-corrected chi connectivity index (χ2v) is 5.15. The van der Waals surface area contributed by atoms with Crippen molar-refractivity contribution in [2.45, 2.75) is 24.9 Å². The van der Waals surface area contributed by atoms with E-state index in [1.165, 1.54) is 24.2 Å². The zero-order valence-electron chi connectivity index (χ0n) is 9.70. The van der Waals surface area contributed by atoms with Gasteiger partial charge >= 0.3 is 0 Å². The van der Waals surface area contributed by atoms with E-state index in [1.807, 2.05) is 0 Å². The number of benzene rings is 1. The number of fused-ring (bicyclic) bond motifs is 3. The quantitative estimate of drug-likeness (QED) is 0.635. The molecule has 2 atom stereocenters. The van der Waals surface area contributed by atoms with E-state index in [4.69, 9.17) is 0 Å². The van der Waals surface area contributed by atoms with Crippen molar-refractivity contribution in [2.24, 2.45) is 0 Å². The van der Waals surface area contributed by atoms with Crippen molar-refractivity contribution < 1.29 is 0 Å². The van der Waals surface area contributed by atoms with Crippen LogP contribution in [0.25, 0.3) is 0 Å². The molecule has 1 aromatic carbocycles. The van der Waals surface area contributed by atoms with Gasteiger partial charge in [-0.15, -0.1) is 0 Å². The molecule has 1 unspecified atom stereocenters. The second-order valence-electron chi connectivity index (χ2n) is 5.15. The minimum atomic E-state index is 0.333. The zero-order valence-corrected chi connectivity index (χ0v) is 9.70. The number of hydrogen-bond donors (Lipinski definition) is 0. The molecule has 80 valence electrons. The molecule has 1 aromatic rings. The third kappa shape index (κ3) is 0.979. The van der Waals surface area contributed by atoms with Gasteiger partial charge in [-0.05, 0) is 25.1 Å². The highest BCUT2D eigenvalue weighted by atomic mass is 15.4. The van der Waals surface area contributed by atoms with Crippen LogP contribution in [0.1, 0.15) is 18.9 Å². The molecule has 0 aliphatic carbocycles. The molecule has 2 aliphatic rings. The van der Waals surface area contributed by atoms with Gasteiger partial charge in [-0.3, -0.25) is 4.90 Å². The van der Waals surface area contributed by atoms with Gasteiger partial charge in [-0.1, -0.05) is 25.1 Å². The van der Waals surface area contributed by atoms with E-state index in [0.717, 1.165) is 0 Å². The molecule has 3 rings (SSSR count). The summed E-state index contributed by atoms with van der Waals surface area (Å²) in [4.78, 5) is 4.91. The first-order chi connectivity index (χ1) is 7.14. The lowest BCUT2D eigenvalue weighted by atomic mass is 9.81. The third-order valence-electron chi connectivity index (χ3n) is 4.24. The first kappa shape index (κ1) is 9.22. The fraction of sp³-hybridized carbons (Fsp3) is 0.538. The van der Waals surface area contributed by atoms with Gasteiger partial charge in [-0.2, -0.15) is 0 Å². The molecule has 0 radical (unpaired) electrons. The van der Waals surface area contributed by atoms with Crippen molar-refractivity contribution in [3.05, 3.63) is 29.8 Å². The van der Waals surface area contributed by atoms with Crippen molar-refractivity contribution in [3.8, 4) is 0 Å². The maximum absolute atomic E-state index is 2.47. The lowest BCUT2D eigenvalue weighted by Gasteiger charge is -2.32. The Balaban J connectivity index is 2.19. The molecule has 1 fully saturated rings. The molecule has 2 heterocycles. The van der Waals surface area contributed by atoms with E-state index in [2.05, 4.69) is 55.1 Å². The van der Waals surface area contributed by atoms with Gasteiger partial charge in [0.05, 0.1) is 6.17 Å². The number of nitrogens with zero attached hydrogens (tertiary/aromatic N) is 2. The number of anilines is 1. The van der Waals surface area contributed by atoms with Crippen LogP contribution >= 0.6 is 0 Å². The fourth-order valence-electron chi connectivity index (χ4n) is 3.54. The Kier molecular flexibility index (Phi) is 1.70. The Labute approximate surface area is 91.5 Å². The molecule has 2 nitrogen and oxygen atoms in total. The number of rotatable bonds is 0. The van der Waals surface area contributed by atoms with E-state index >= 15 is 0 Å².